The van der Waals surface area contributed by atoms with Crippen LogP contribution in [0.1, 0.15) is 0 Å². The molecule has 1 atom stereocenters. The van der Waals surface area contributed by atoms with Gasteiger partial charge in [-0.15, -0.1) is 0 Å². The summed E-state index contributed by atoms with van der Waals surface area (Å²) in [5.41, 5.74) is 5.04. The Morgan fingerprint density at radius 1 is 1.86 bits per heavy atom. The van der Waals surface area contributed by atoms with E-state index < -0.39 is 0 Å². The molecule has 3 nitrogen and oxygen atoms in total. The Morgan fingerprint density at radius 3 is 2.71 bits per heavy atom. The van der Waals surface area contributed by atoms with Crippen LogP contribution in [0.15, 0.2) is 0 Å². The summed E-state index contributed by atoms with van der Waals surface area (Å²) in [6.45, 7) is 0. The molecule has 0 saturated carbocycles. The van der Waals surface area contributed by atoms with Gasteiger partial charge in [-0.25, -0.2) is 0 Å². The predicted molar refractivity (Wildman–Crippen MR) is 31.7 cm³/mol. The second kappa shape index (κ2) is 1.94. The van der Waals surface area contributed by atoms with Crippen molar-refractivity contribution in [2.24, 2.45) is 5.73 Å². The lowest BCUT2D eigenvalue weighted by atomic mass is 11.1. The minimum absolute atomic E-state index is 0.0440. The van der Waals surface area contributed by atoms with Gasteiger partial charge in [-0.05, 0) is 10.8 Å². The van der Waals surface area contributed by atoms with Gasteiger partial charge in [0.05, 0.1) is 0 Å². The number of carbonyl (C=O) groups is 1. The molecule has 40 valence electrons. The number of hydrogen-bond donors (Lipinski definition) is 2. The normalized spacial score (nSPS) is 30.4. The molecule has 1 heterocycles. The molecular weight excluding hydrogens is 132 g/mol. The smallest absolute Gasteiger partial charge is 0.291 e. The summed E-state index contributed by atoms with van der Waals surface area (Å²) < 4.78 is 0. The zero-order valence-corrected chi connectivity index (χ0v) is 5.01. The number of nitrogens with one attached hydrogen (secondary N) is 1. The molecular formula is C2H4N2OS2. The van der Waals surface area contributed by atoms with Crippen LogP contribution in [0.4, 0.5) is 4.79 Å². The highest BCUT2D eigenvalue weighted by atomic mass is 33.1. The standard InChI is InChI=1S/C2H4N2OS2/c3-1-4-2(5)7-6-1/h1H,3H2,(H,4,5). The van der Waals surface area contributed by atoms with E-state index in [2.05, 4.69) is 5.32 Å². The van der Waals surface area contributed by atoms with Crippen LogP contribution >= 0.6 is 21.6 Å². The molecule has 1 rings (SSSR count). The van der Waals surface area contributed by atoms with Crippen LogP contribution in [0.2, 0.25) is 0 Å². The van der Waals surface area contributed by atoms with Crippen molar-refractivity contribution in [1.29, 1.82) is 0 Å². The Kier molecular flexibility index (Phi) is 1.46. The summed E-state index contributed by atoms with van der Waals surface area (Å²) in [6.07, 6.45) is 0. The highest BCUT2D eigenvalue weighted by molar-refractivity contribution is 8.83. The molecule has 1 saturated heterocycles. The molecule has 7 heavy (non-hydrogen) atoms. The average molecular weight is 136 g/mol. The number of amides is 1. The maximum absolute atomic E-state index is 10.2. The fourth-order valence-corrected chi connectivity index (χ4v) is 1.72. The third kappa shape index (κ3) is 1.25. The van der Waals surface area contributed by atoms with Gasteiger partial charge < -0.3 is 11.1 Å². The van der Waals surface area contributed by atoms with Crippen molar-refractivity contribution in [2.75, 3.05) is 0 Å². The van der Waals surface area contributed by atoms with Crippen LogP contribution in [-0.4, -0.2) is 10.7 Å². The maximum Gasteiger partial charge on any atom is 0.291 e. The van der Waals surface area contributed by atoms with Crippen molar-refractivity contribution in [1.82, 2.24) is 5.32 Å². The second-order valence-corrected chi connectivity index (χ2v) is 3.35. The fraction of sp³-hybridized carbons (Fsp3) is 0.500. The van der Waals surface area contributed by atoms with Crippen LogP contribution in [0.5, 0.6) is 0 Å². The highest BCUT2D eigenvalue weighted by Gasteiger charge is 2.17. The van der Waals surface area contributed by atoms with Gasteiger partial charge in [-0.1, -0.05) is 0 Å². The van der Waals surface area contributed by atoms with Crippen LogP contribution < -0.4 is 11.1 Å². The molecule has 1 aliphatic heterocycles. The largest absolute Gasteiger partial charge is 0.321 e. The SMILES string of the molecule is NC1NC(=O)SS1. The van der Waals surface area contributed by atoms with Crippen molar-refractivity contribution in [2.45, 2.75) is 5.50 Å². The van der Waals surface area contributed by atoms with Gasteiger partial charge in [-0.2, -0.15) is 0 Å². The maximum atomic E-state index is 10.2. The molecule has 0 aromatic rings. The molecule has 1 fully saturated rings. The molecule has 0 aromatic heterocycles. The Morgan fingerprint density at radius 2 is 2.57 bits per heavy atom. The number of nitrogens with two attached hydrogens (primary N) is 1. The number of rotatable bonds is 0. The van der Waals surface area contributed by atoms with Gasteiger partial charge in [0.25, 0.3) is 5.24 Å². The first kappa shape index (κ1) is 5.27. The van der Waals surface area contributed by atoms with Crippen molar-refractivity contribution < 1.29 is 4.79 Å². The lowest BCUT2D eigenvalue weighted by molar-refractivity contribution is 0.261. The molecule has 0 spiro atoms. The zero-order chi connectivity index (χ0) is 5.28. The quantitative estimate of drug-likeness (QED) is 0.471. The molecule has 5 heteroatoms. The second-order valence-electron chi connectivity index (χ2n) is 1.03. The summed E-state index contributed by atoms with van der Waals surface area (Å²) in [5.74, 6) is 0. The molecule has 0 radical (unpaired) electrons. The van der Waals surface area contributed by atoms with E-state index in [4.69, 9.17) is 5.73 Å². The highest BCUT2D eigenvalue weighted by Crippen LogP contribution is 2.29. The van der Waals surface area contributed by atoms with E-state index in [-0.39, 0.29) is 10.7 Å². The minimum Gasteiger partial charge on any atom is -0.321 e. The van der Waals surface area contributed by atoms with Crippen molar-refractivity contribution in [3.8, 4) is 0 Å². The third-order valence-corrected chi connectivity index (χ3v) is 2.54. The summed E-state index contributed by atoms with van der Waals surface area (Å²) in [5, 5.41) is 2.44. The van der Waals surface area contributed by atoms with Crippen LogP contribution in [0.25, 0.3) is 0 Å². The summed E-state index contributed by atoms with van der Waals surface area (Å²) in [6, 6.07) is 0. The van der Waals surface area contributed by atoms with E-state index in [1.807, 2.05) is 0 Å². The molecule has 0 bridgehead atoms. The first-order chi connectivity index (χ1) is 3.29. The molecule has 1 amide bonds. The Balaban J connectivity index is 2.40. The molecule has 1 aliphatic rings. The minimum atomic E-state index is -0.197. The van der Waals surface area contributed by atoms with E-state index in [1.165, 1.54) is 10.8 Å². The lowest BCUT2D eigenvalue weighted by Gasteiger charge is -1.93. The van der Waals surface area contributed by atoms with E-state index in [9.17, 15) is 4.79 Å². The molecule has 0 aromatic carbocycles. The van der Waals surface area contributed by atoms with Crippen LogP contribution in [0.3, 0.4) is 0 Å². The Hall–Kier alpha value is 0.130. The van der Waals surface area contributed by atoms with Crippen LogP contribution in [0, 0.1) is 0 Å². The van der Waals surface area contributed by atoms with E-state index in [0.29, 0.717) is 0 Å². The zero-order valence-electron chi connectivity index (χ0n) is 3.38. The molecule has 0 aliphatic carbocycles. The van der Waals surface area contributed by atoms with Gasteiger partial charge in [0, 0.05) is 10.8 Å². The summed E-state index contributed by atoms with van der Waals surface area (Å²) >= 11 is 0. The van der Waals surface area contributed by atoms with Crippen molar-refractivity contribution >= 4 is 26.8 Å². The molecule has 3 N–H and O–H groups in total. The predicted octanol–water partition coefficient (Wildman–Crippen LogP) is 0.333. The average Bonchev–Trinajstić information content (AvgIpc) is 1.87. The first-order valence-electron chi connectivity index (χ1n) is 1.68. The van der Waals surface area contributed by atoms with Gasteiger partial charge in [-0.3, -0.25) is 4.79 Å². The monoisotopic (exact) mass is 136 g/mol. The Labute approximate surface area is 48.8 Å². The lowest BCUT2D eigenvalue weighted by Crippen LogP contribution is -2.30. The number of hydrogen-bond acceptors (Lipinski definition) is 4. The fourth-order valence-electron chi connectivity index (χ4n) is 0.260. The number of carbonyl (C=O) groups excluding carboxylic acids is 1. The van der Waals surface area contributed by atoms with E-state index in [1.54, 1.807) is 0 Å². The summed E-state index contributed by atoms with van der Waals surface area (Å²) in [7, 11) is 2.49. The van der Waals surface area contributed by atoms with E-state index >= 15 is 0 Å². The van der Waals surface area contributed by atoms with Gasteiger partial charge >= 0.3 is 0 Å². The van der Waals surface area contributed by atoms with Crippen molar-refractivity contribution in [3.05, 3.63) is 0 Å². The van der Waals surface area contributed by atoms with Gasteiger partial charge in [0.2, 0.25) is 0 Å². The van der Waals surface area contributed by atoms with Gasteiger partial charge in [0.1, 0.15) is 5.50 Å². The third-order valence-electron chi connectivity index (χ3n) is 0.488. The van der Waals surface area contributed by atoms with Crippen molar-refractivity contribution in [3.63, 3.8) is 0 Å². The summed E-state index contributed by atoms with van der Waals surface area (Å²) in [4.78, 5) is 10.2. The van der Waals surface area contributed by atoms with Gasteiger partial charge in [0.15, 0.2) is 0 Å². The topological polar surface area (TPSA) is 55.1 Å². The van der Waals surface area contributed by atoms with E-state index in [0.717, 1.165) is 10.8 Å². The van der Waals surface area contributed by atoms with Crippen LogP contribution in [-0.2, 0) is 0 Å². The molecule has 1 unspecified atom stereocenters. The Bertz CT molecular complexity index is 95.7. The first-order valence-corrected chi connectivity index (χ1v) is 3.90.